The molecule has 0 bridgehead atoms. The summed E-state index contributed by atoms with van der Waals surface area (Å²) in [5, 5.41) is 3.15. The van der Waals surface area contributed by atoms with E-state index in [4.69, 9.17) is 14.2 Å². The largest absolute Gasteiger partial charge is 0.494 e. The van der Waals surface area contributed by atoms with Crippen molar-refractivity contribution in [2.45, 2.75) is 27.0 Å². The molecule has 1 heterocycles. The van der Waals surface area contributed by atoms with E-state index < -0.39 is 11.6 Å². The molecule has 0 amide bonds. The number of nitrogens with one attached hydrogen (secondary N) is 1. The average molecular weight is 459 g/mol. The van der Waals surface area contributed by atoms with Gasteiger partial charge in [-0.1, -0.05) is 26.0 Å². The molecule has 0 aliphatic rings. The highest BCUT2D eigenvalue weighted by Crippen LogP contribution is 2.32. The van der Waals surface area contributed by atoms with E-state index in [1.54, 1.807) is 0 Å². The van der Waals surface area contributed by atoms with Crippen LogP contribution in [0.15, 0.2) is 42.7 Å². The van der Waals surface area contributed by atoms with E-state index in [9.17, 15) is 8.78 Å². The van der Waals surface area contributed by atoms with Gasteiger partial charge in [0, 0.05) is 18.3 Å². The van der Waals surface area contributed by atoms with Crippen molar-refractivity contribution in [3.8, 4) is 17.2 Å². The quantitative estimate of drug-likeness (QED) is 0.437. The molecule has 0 saturated heterocycles. The molecule has 0 aliphatic heterocycles. The Morgan fingerprint density at radius 2 is 1.58 bits per heavy atom. The van der Waals surface area contributed by atoms with Crippen LogP contribution < -0.4 is 19.5 Å². The van der Waals surface area contributed by atoms with Crippen molar-refractivity contribution in [3.63, 3.8) is 0 Å². The molecule has 2 aromatic carbocycles. The summed E-state index contributed by atoms with van der Waals surface area (Å²) in [6.07, 6.45) is 2.87. The van der Waals surface area contributed by atoms with Gasteiger partial charge in [0.15, 0.2) is 28.9 Å². The molecule has 0 spiro atoms. The molecule has 0 fully saturated rings. The third kappa shape index (κ3) is 6.07. The van der Waals surface area contributed by atoms with Crippen LogP contribution in [0.3, 0.4) is 0 Å². The highest BCUT2D eigenvalue weighted by molar-refractivity contribution is 5.54. The number of rotatable bonds is 11. The zero-order chi connectivity index (χ0) is 23.8. The Balaban J connectivity index is 1.66. The van der Waals surface area contributed by atoms with Gasteiger partial charge in [0.25, 0.3) is 0 Å². The van der Waals surface area contributed by atoms with Crippen molar-refractivity contribution in [1.82, 2.24) is 14.9 Å². The minimum Gasteiger partial charge on any atom is -0.494 e. The average Bonchev–Trinajstić information content (AvgIpc) is 2.84. The minimum atomic E-state index is -0.848. The van der Waals surface area contributed by atoms with E-state index in [1.807, 2.05) is 18.2 Å². The van der Waals surface area contributed by atoms with Crippen LogP contribution in [0, 0.1) is 11.6 Å². The van der Waals surface area contributed by atoms with Crippen molar-refractivity contribution in [2.24, 2.45) is 0 Å². The first-order valence-corrected chi connectivity index (χ1v) is 10.6. The molecule has 0 saturated carbocycles. The second-order valence-electron chi connectivity index (χ2n) is 7.21. The lowest BCUT2D eigenvalue weighted by atomic mass is 10.1. The van der Waals surface area contributed by atoms with Gasteiger partial charge in [-0.15, -0.1) is 0 Å². The fourth-order valence-corrected chi connectivity index (χ4v) is 3.26. The van der Waals surface area contributed by atoms with Gasteiger partial charge >= 0.3 is 0 Å². The maximum absolute atomic E-state index is 14.5. The summed E-state index contributed by atoms with van der Waals surface area (Å²) in [7, 11) is 2.58. The van der Waals surface area contributed by atoms with Crippen LogP contribution in [0.2, 0.25) is 0 Å². The Morgan fingerprint density at radius 1 is 0.939 bits per heavy atom. The van der Waals surface area contributed by atoms with Crippen LogP contribution in [0.4, 0.5) is 20.4 Å². The SMILES string of the molecule is CCN(CC)Cc1cccc(Nc2ncc(OCc3c(F)c(OC)cc(OC)c3F)cn2)c1. The van der Waals surface area contributed by atoms with Gasteiger partial charge in [-0.3, -0.25) is 4.90 Å². The second-order valence-corrected chi connectivity index (χ2v) is 7.21. The number of anilines is 2. The number of nitrogens with zero attached hydrogens (tertiary/aromatic N) is 3. The zero-order valence-electron chi connectivity index (χ0n) is 19.2. The van der Waals surface area contributed by atoms with Gasteiger partial charge < -0.3 is 19.5 Å². The number of hydrogen-bond donors (Lipinski definition) is 1. The maximum Gasteiger partial charge on any atom is 0.227 e. The third-order valence-corrected chi connectivity index (χ3v) is 5.16. The van der Waals surface area contributed by atoms with Crippen LogP contribution in [-0.2, 0) is 13.2 Å². The molecule has 3 rings (SSSR count). The predicted octanol–water partition coefficient (Wildman–Crippen LogP) is 4.94. The Labute approximate surface area is 192 Å². The molecule has 1 N–H and O–H groups in total. The normalized spacial score (nSPS) is 10.9. The summed E-state index contributed by atoms with van der Waals surface area (Å²) in [5.41, 5.74) is 1.74. The Morgan fingerprint density at radius 3 is 2.15 bits per heavy atom. The van der Waals surface area contributed by atoms with Crippen molar-refractivity contribution >= 4 is 11.6 Å². The van der Waals surface area contributed by atoms with E-state index in [0.29, 0.717) is 5.95 Å². The lowest BCUT2D eigenvalue weighted by Crippen LogP contribution is -2.22. The first-order chi connectivity index (χ1) is 16.0. The zero-order valence-corrected chi connectivity index (χ0v) is 19.2. The summed E-state index contributed by atoms with van der Waals surface area (Å²) >= 11 is 0. The van der Waals surface area contributed by atoms with E-state index in [1.165, 1.54) is 32.2 Å². The van der Waals surface area contributed by atoms with E-state index >= 15 is 0 Å². The monoisotopic (exact) mass is 458 g/mol. The molecular formula is C24H28F2N4O3. The van der Waals surface area contributed by atoms with E-state index in [-0.39, 0.29) is 29.4 Å². The van der Waals surface area contributed by atoms with Crippen molar-refractivity contribution in [2.75, 3.05) is 32.6 Å². The number of halogens is 2. The highest BCUT2D eigenvalue weighted by atomic mass is 19.1. The standard InChI is InChI=1S/C24H28F2N4O3/c1-5-30(6-2)14-16-8-7-9-17(10-16)29-24-27-12-18(13-28-24)33-15-19-22(25)20(31-3)11-21(32-4)23(19)26/h7-13H,5-6,14-15H2,1-4H3,(H,27,28,29). The molecule has 0 radical (unpaired) electrons. The predicted molar refractivity (Wildman–Crippen MR) is 122 cm³/mol. The molecule has 0 unspecified atom stereocenters. The number of aromatic nitrogens is 2. The van der Waals surface area contributed by atoms with Crippen LogP contribution in [0.25, 0.3) is 0 Å². The van der Waals surface area contributed by atoms with Gasteiger partial charge in [-0.2, -0.15) is 0 Å². The summed E-state index contributed by atoms with van der Waals surface area (Å²) in [5.74, 6) is -1.32. The smallest absolute Gasteiger partial charge is 0.227 e. The number of ether oxygens (including phenoxy) is 3. The number of hydrogen-bond acceptors (Lipinski definition) is 7. The van der Waals surface area contributed by atoms with Crippen LogP contribution in [0.5, 0.6) is 17.2 Å². The molecule has 0 aliphatic carbocycles. The molecule has 7 nitrogen and oxygen atoms in total. The fraction of sp³-hybridized carbons (Fsp3) is 0.333. The lowest BCUT2D eigenvalue weighted by molar-refractivity contribution is 0.280. The van der Waals surface area contributed by atoms with Crippen LogP contribution >= 0.6 is 0 Å². The van der Waals surface area contributed by atoms with Gasteiger partial charge in [0.1, 0.15) is 6.61 Å². The highest BCUT2D eigenvalue weighted by Gasteiger charge is 2.20. The number of benzene rings is 2. The first-order valence-electron chi connectivity index (χ1n) is 10.6. The molecular weight excluding hydrogens is 430 g/mol. The fourth-order valence-electron chi connectivity index (χ4n) is 3.26. The van der Waals surface area contributed by atoms with E-state index in [2.05, 4.69) is 40.1 Å². The van der Waals surface area contributed by atoms with Crippen LogP contribution in [0.1, 0.15) is 25.0 Å². The van der Waals surface area contributed by atoms with Gasteiger partial charge in [0.2, 0.25) is 5.95 Å². The Bertz CT molecular complexity index is 1030. The maximum atomic E-state index is 14.5. The molecule has 176 valence electrons. The Kier molecular flexibility index (Phi) is 8.37. The van der Waals surface area contributed by atoms with Gasteiger partial charge in [0.05, 0.1) is 32.2 Å². The summed E-state index contributed by atoms with van der Waals surface area (Å²) in [6.45, 7) is 6.71. The molecule has 1 aromatic heterocycles. The van der Waals surface area contributed by atoms with Gasteiger partial charge in [-0.25, -0.2) is 18.7 Å². The number of methoxy groups -OCH3 is 2. The second kappa shape index (κ2) is 11.4. The summed E-state index contributed by atoms with van der Waals surface area (Å²) in [6, 6.07) is 9.18. The molecule has 9 heteroatoms. The molecule has 33 heavy (non-hydrogen) atoms. The minimum absolute atomic E-state index is 0.133. The summed E-state index contributed by atoms with van der Waals surface area (Å²) < 4.78 is 44.3. The first kappa shape index (κ1) is 24.2. The van der Waals surface area contributed by atoms with Crippen molar-refractivity contribution in [1.29, 1.82) is 0 Å². The Hall–Kier alpha value is -3.46. The van der Waals surface area contributed by atoms with Crippen molar-refractivity contribution < 1.29 is 23.0 Å². The summed E-state index contributed by atoms with van der Waals surface area (Å²) in [4.78, 5) is 10.8. The van der Waals surface area contributed by atoms with Crippen LogP contribution in [-0.4, -0.2) is 42.2 Å². The van der Waals surface area contributed by atoms with E-state index in [0.717, 1.165) is 31.4 Å². The topological polar surface area (TPSA) is 68.7 Å². The van der Waals surface area contributed by atoms with Crippen molar-refractivity contribution in [3.05, 3.63) is 65.5 Å². The lowest BCUT2D eigenvalue weighted by Gasteiger charge is -2.18. The molecule has 0 atom stereocenters. The third-order valence-electron chi connectivity index (χ3n) is 5.16. The van der Waals surface area contributed by atoms with Gasteiger partial charge in [-0.05, 0) is 30.8 Å². The molecule has 3 aromatic rings.